The highest BCUT2D eigenvalue weighted by Gasteiger charge is 2.51. The maximum atomic E-state index is 15.2. The van der Waals surface area contributed by atoms with Crippen molar-refractivity contribution < 1.29 is 137 Å². The predicted octanol–water partition coefficient (Wildman–Crippen LogP) is -11.3. The maximum absolute atomic E-state index is 15.2. The lowest BCUT2D eigenvalue weighted by Gasteiger charge is -2.45. The van der Waals surface area contributed by atoms with Crippen LogP contribution in [0.25, 0.3) is 0 Å². The summed E-state index contributed by atoms with van der Waals surface area (Å²) >= 11 is 0. The minimum Gasteiger partial charge on any atom is -0.481 e. The van der Waals surface area contributed by atoms with Gasteiger partial charge >= 0.3 is 5.97 Å². The largest absolute Gasteiger partial charge is 0.481 e. The number of ether oxygens (including phenoxy) is 6. The highest BCUT2D eigenvalue weighted by atomic mass is 16.7. The molecular weight excluding hydrogens is 1300 g/mol. The van der Waals surface area contributed by atoms with Gasteiger partial charge in [0.15, 0.2) is 18.9 Å². The van der Waals surface area contributed by atoms with Crippen molar-refractivity contribution in [3.63, 3.8) is 0 Å². The molecule has 0 bridgehead atoms. The Hall–Kier alpha value is -7.45. The molecule has 0 unspecified atom stereocenters. The lowest BCUT2D eigenvalue weighted by molar-refractivity contribution is -0.308. The third kappa shape index (κ3) is 23.9. The Morgan fingerprint density at radius 1 is 0.536 bits per heavy atom. The molecule has 0 aromatic carbocycles. The zero-order chi connectivity index (χ0) is 73.0. The van der Waals surface area contributed by atoms with Crippen molar-refractivity contribution >= 4 is 76.9 Å². The van der Waals surface area contributed by atoms with Gasteiger partial charge in [0.1, 0.15) is 109 Å². The minimum atomic E-state index is -2.15. The summed E-state index contributed by atoms with van der Waals surface area (Å²) in [4.78, 5) is 172. The number of aliphatic carboxylic acids is 1. The Morgan fingerprint density at radius 2 is 1.00 bits per heavy atom. The van der Waals surface area contributed by atoms with Gasteiger partial charge in [-0.3, -0.25) is 62.3 Å². The second-order valence-corrected chi connectivity index (χ2v) is 24.4. The molecule has 97 heavy (non-hydrogen) atoms. The molecule has 4 heterocycles. The van der Waals surface area contributed by atoms with E-state index in [1.165, 1.54) is 0 Å². The molecule has 0 aromatic rings. The molecule has 0 saturated carbocycles. The number of carbonyl (C=O) groups is 13. The normalized spacial score (nSPS) is 29.3. The summed E-state index contributed by atoms with van der Waals surface area (Å²) in [5, 5.41) is 119. The highest BCUT2D eigenvalue weighted by molar-refractivity contribution is 5.97. The molecule has 21 N–H and O–H groups in total. The van der Waals surface area contributed by atoms with Gasteiger partial charge in [-0.25, -0.2) is 0 Å². The third-order valence-corrected chi connectivity index (χ3v) is 16.0. The smallest absolute Gasteiger partial charge is 0.303 e. The van der Waals surface area contributed by atoms with Gasteiger partial charge in [-0.15, -0.1) is 0 Å². The summed E-state index contributed by atoms with van der Waals surface area (Å²) in [6, 6.07) is -15.0. The second kappa shape index (κ2) is 38.1. The van der Waals surface area contributed by atoms with Crippen molar-refractivity contribution in [3.8, 4) is 0 Å². The van der Waals surface area contributed by atoms with E-state index in [0.717, 1.165) is 53.4 Å². The van der Waals surface area contributed by atoms with E-state index in [-0.39, 0.29) is 38.1 Å². The molecule has 4 saturated heterocycles. The molecular formula is C57H94N12O28. The van der Waals surface area contributed by atoms with E-state index in [4.69, 9.17) is 34.2 Å². The number of likely N-dealkylation sites (tertiary alicyclic amines) is 1. The van der Waals surface area contributed by atoms with Crippen molar-refractivity contribution in [2.45, 2.75) is 235 Å². The molecule has 40 nitrogen and oxygen atoms in total. The van der Waals surface area contributed by atoms with Crippen LogP contribution in [0.3, 0.4) is 0 Å². The Morgan fingerprint density at radius 3 is 1.47 bits per heavy atom. The fourth-order valence-electron chi connectivity index (χ4n) is 11.0. The van der Waals surface area contributed by atoms with Crippen molar-refractivity contribution in [3.05, 3.63) is 0 Å². The predicted molar refractivity (Wildman–Crippen MR) is 323 cm³/mol. The minimum absolute atomic E-state index is 0.0155. The number of primary amides is 1. The molecule has 4 fully saturated rings. The van der Waals surface area contributed by atoms with E-state index in [0.29, 0.717) is 0 Å². The van der Waals surface area contributed by atoms with Gasteiger partial charge in [-0.2, -0.15) is 0 Å². The molecule has 40 heteroatoms. The fraction of sp³-hybridized carbons (Fsp3) is 0.772. The molecule has 0 radical (unpaired) electrons. The second-order valence-electron chi connectivity index (χ2n) is 24.4. The number of carboxylic acids is 1. The highest BCUT2D eigenvalue weighted by Crippen LogP contribution is 2.29. The molecule has 0 aromatic heterocycles. The monoisotopic (exact) mass is 1390 g/mol. The topological polar surface area (TPSA) is 609 Å². The first-order chi connectivity index (χ1) is 45.4. The summed E-state index contributed by atoms with van der Waals surface area (Å²) in [5.41, 5.74) is 5.19. The van der Waals surface area contributed by atoms with Gasteiger partial charge in [0.05, 0.1) is 45.1 Å². The number of amides is 12. The number of carboxylic acid groups (broad SMARTS) is 1. The molecule has 4 aliphatic heterocycles. The maximum Gasteiger partial charge on any atom is 0.303 e. The Balaban J connectivity index is 1.81. The number of carbonyl (C=O) groups excluding carboxylic acids is 12. The molecule has 23 atom stereocenters. The third-order valence-electron chi connectivity index (χ3n) is 16.0. The lowest BCUT2D eigenvalue weighted by atomic mass is 9.96. The summed E-state index contributed by atoms with van der Waals surface area (Å²) in [7, 11) is 0. The van der Waals surface area contributed by atoms with E-state index < -0.39 is 257 Å². The van der Waals surface area contributed by atoms with Crippen LogP contribution in [0.5, 0.6) is 0 Å². The van der Waals surface area contributed by atoms with Crippen LogP contribution in [0.15, 0.2) is 0 Å². The van der Waals surface area contributed by atoms with Gasteiger partial charge in [-0.1, -0.05) is 13.8 Å². The number of aliphatic hydroxyl groups is 8. The van der Waals surface area contributed by atoms with E-state index in [1.54, 1.807) is 13.8 Å². The summed E-state index contributed by atoms with van der Waals surface area (Å²) in [6.45, 7) is 6.75. The molecule has 4 rings (SSSR count). The molecule has 12 amide bonds. The van der Waals surface area contributed by atoms with Crippen LogP contribution in [-0.2, 0) is 90.8 Å². The van der Waals surface area contributed by atoms with Crippen LogP contribution >= 0.6 is 0 Å². The van der Waals surface area contributed by atoms with E-state index >= 15 is 4.79 Å². The summed E-state index contributed by atoms with van der Waals surface area (Å²) in [5.74, 6) is -13.1. The van der Waals surface area contributed by atoms with Gasteiger partial charge in [-0.05, 0) is 52.4 Å². The Bertz CT molecular complexity index is 2770. The molecule has 4 aliphatic rings. The number of aliphatic hydroxyl groups excluding tert-OH is 8. The Kier molecular flexibility index (Phi) is 32.2. The summed E-state index contributed by atoms with van der Waals surface area (Å²) in [6.07, 6.45) is -26.1. The van der Waals surface area contributed by atoms with Gasteiger partial charge in [0, 0.05) is 40.7 Å². The van der Waals surface area contributed by atoms with Crippen LogP contribution in [0.1, 0.15) is 94.4 Å². The van der Waals surface area contributed by atoms with Crippen molar-refractivity contribution in [2.24, 2.45) is 11.7 Å². The summed E-state index contributed by atoms with van der Waals surface area (Å²) < 4.78 is 35.6. The molecule has 0 aliphatic carbocycles. The average Bonchev–Trinajstić information content (AvgIpc) is 1.39. The first-order valence-electron chi connectivity index (χ1n) is 31.2. The number of nitrogens with one attached hydrogen (secondary N) is 10. The van der Waals surface area contributed by atoms with Gasteiger partial charge < -0.3 is 138 Å². The lowest BCUT2D eigenvalue weighted by Crippen LogP contribution is -2.68. The first kappa shape index (κ1) is 82.0. The van der Waals surface area contributed by atoms with Crippen LogP contribution in [0.2, 0.25) is 0 Å². The standard InChI is InChI=1S/C57H94N12O28/c1-21(2)15-30(66-50(87)29(62-25(6)72)12-13-37(78)79)51(88)61-22(3)49(86)67-39(24(5)94-56-41(64-27(8)74)47(84)44(81)33(19-71)96-56)54(91)68-38(53(90)60-17-36(77)69-14-10-11-31(69)52(89)59-16-35(58)76)23(4)93-57-42(65-28(9)75)48(85)45(82)34(97-57)20-92-55-40(63-26(7)73)46(83)43(80)32(18-70)95-55/h21-24,29-34,38-48,55-57,70-71,80-85H,10-20H2,1-9H3,(H2,58,76)(H,59,89)(H,60,90)(H,61,88)(H,62,72)(H,63,73)(H,64,74)(H,65,75)(H,66,87)(H,67,86)(H,68,91)(H,78,79)/t22-,23+,24+,29-,30-,31-,32+,33+,34+,38-,39-,40+,41+,42+,43-,44-,45-,46+,47+,48+,55-,56-,57-/m0/s1. The van der Waals surface area contributed by atoms with Gasteiger partial charge in [0.25, 0.3) is 0 Å². The average molecular weight is 1400 g/mol. The fourth-order valence-corrected chi connectivity index (χ4v) is 11.0. The quantitative estimate of drug-likeness (QED) is 0.0284. The van der Waals surface area contributed by atoms with E-state index in [1.807, 2.05) is 0 Å². The van der Waals surface area contributed by atoms with Crippen molar-refractivity contribution in [1.29, 1.82) is 0 Å². The zero-order valence-corrected chi connectivity index (χ0v) is 54.9. The first-order valence-corrected chi connectivity index (χ1v) is 31.2. The van der Waals surface area contributed by atoms with E-state index in [2.05, 4.69) is 53.2 Å². The number of nitrogens with zero attached hydrogens (tertiary/aromatic N) is 1. The molecule has 550 valence electrons. The number of hydrogen-bond acceptors (Lipinski definition) is 27. The van der Waals surface area contributed by atoms with Crippen LogP contribution in [-0.4, -0.2) is 308 Å². The number of nitrogens with two attached hydrogens (primary N) is 1. The zero-order valence-electron chi connectivity index (χ0n) is 54.9. The van der Waals surface area contributed by atoms with Crippen molar-refractivity contribution in [2.75, 3.05) is 39.5 Å². The van der Waals surface area contributed by atoms with Gasteiger partial charge in [0.2, 0.25) is 70.9 Å². The SMILES string of the molecule is CC(=O)N[C@H]1[C@@H](OC[C@H]2O[C@H](O[C@H](C)[C@H](NC(=O)[C@@H](NC(=O)[C@H](C)NC(=O)[C@H](CC(C)C)NC(=O)[C@H](CCC(=O)O)NC(C)=O)[C@@H](C)O[C@H]3O[C@H](CO)[C@H](O)[C@H](O)[C@H]3NC(C)=O)C(=O)NCC(=O)N3CCC[C@H]3C(=O)NCC(N)=O)[C@H](NC(C)=O)[C@@H](O)[C@H]2O)O[C@H](CO)[C@H](O)[C@@H]1O. The van der Waals surface area contributed by atoms with Crippen LogP contribution in [0, 0.1) is 5.92 Å². The van der Waals surface area contributed by atoms with Crippen LogP contribution < -0.4 is 58.9 Å². The Labute approximate surface area is 556 Å². The number of rotatable bonds is 34. The molecule has 0 spiro atoms. The van der Waals surface area contributed by atoms with Crippen LogP contribution in [0.4, 0.5) is 0 Å². The van der Waals surface area contributed by atoms with E-state index in [9.17, 15) is 103 Å². The van der Waals surface area contributed by atoms with Crippen molar-refractivity contribution in [1.82, 2.24) is 58.1 Å². The number of hydrogen-bond donors (Lipinski definition) is 20.